The molecular weight excluding hydrogens is 666 g/mol. The van der Waals surface area contributed by atoms with Crippen molar-refractivity contribution in [1.29, 1.82) is 0 Å². The Balaban J connectivity index is 1.65. The van der Waals surface area contributed by atoms with Gasteiger partial charge in [0.15, 0.2) is 34.5 Å². The van der Waals surface area contributed by atoms with Crippen LogP contribution in [-0.4, -0.2) is 51.2 Å². The molecule has 0 unspecified atom stereocenters. The minimum absolute atomic E-state index is 0.144. The predicted octanol–water partition coefficient (Wildman–Crippen LogP) is 8.13. The van der Waals surface area contributed by atoms with Crippen LogP contribution in [0.4, 0.5) is 0 Å². The standard InChI is InChI=1S/C37H34BrNO8/c1-42-27-12-11-23(16-28(27)43-2)33-34(25-18-31(46-5)32(19-26(25)38)47-20-21-9-7-6-8-10-21)36(37(40)41)39-14-13-22-15-29(44-3)30(45-4)17-24(22)35(33)39/h6-12,15-19H,13-14,20H2,1-5H3,(H,40,41). The molecule has 242 valence electrons. The fourth-order valence-corrected chi connectivity index (χ4v) is 6.72. The van der Waals surface area contributed by atoms with Gasteiger partial charge in [-0.3, -0.25) is 0 Å². The van der Waals surface area contributed by atoms with E-state index in [4.69, 9.17) is 28.4 Å². The maximum Gasteiger partial charge on any atom is 0.353 e. The van der Waals surface area contributed by atoms with E-state index in [-0.39, 0.29) is 5.69 Å². The SMILES string of the molecule is COc1ccc(-c2c(-c3cc(OC)c(OCc4ccccc4)cc3Br)c(C(=O)O)n3c2-c2cc(OC)c(OC)cc2CC3)cc1OC. The van der Waals surface area contributed by atoms with Crippen LogP contribution in [0.25, 0.3) is 33.5 Å². The van der Waals surface area contributed by atoms with Crippen LogP contribution in [0.1, 0.15) is 21.6 Å². The molecule has 0 saturated carbocycles. The van der Waals surface area contributed by atoms with Gasteiger partial charge in [-0.05, 0) is 59.5 Å². The number of carboxylic acid groups (broad SMARTS) is 1. The Morgan fingerprint density at radius 2 is 1.34 bits per heavy atom. The average Bonchev–Trinajstić information content (AvgIpc) is 3.45. The number of rotatable bonds is 11. The normalized spacial score (nSPS) is 11.7. The molecule has 5 aromatic rings. The van der Waals surface area contributed by atoms with Crippen LogP contribution in [-0.2, 0) is 19.6 Å². The number of halogens is 1. The van der Waals surface area contributed by atoms with Gasteiger partial charge >= 0.3 is 5.97 Å². The summed E-state index contributed by atoms with van der Waals surface area (Å²) in [6, 6.07) is 22.9. The van der Waals surface area contributed by atoms with E-state index in [2.05, 4.69) is 15.9 Å². The Morgan fingerprint density at radius 1 is 0.723 bits per heavy atom. The summed E-state index contributed by atoms with van der Waals surface area (Å²) in [5.41, 5.74) is 6.33. The lowest BCUT2D eigenvalue weighted by molar-refractivity contribution is 0.0686. The minimum Gasteiger partial charge on any atom is -0.493 e. The van der Waals surface area contributed by atoms with Crippen LogP contribution in [0.2, 0.25) is 0 Å². The number of fused-ring (bicyclic) bond motifs is 3. The quantitative estimate of drug-likeness (QED) is 0.148. The highest BCUT2D eigenvalue weighted by atomic mass is 79.9. The van der Waals surface area contributed by atoms with E-state index in [1.165, 1.54) is 0 Å². The van der Waals surface area contributed by atoms with Crippen LogP contribution < -0.4 is 28.4 Å². The van der Waals surface area contributed by atoms with E-state index in [0.29, 0.717) is 75.2 Å². The molecule has 0 saturated heterocycles. The molecule has 10 heteroatoms. The number of ether oxygens (including phenoxy) is 6. The molecule has 0 fully saturated rings. The van der Waals surface area contributed by atoms with Crippen molar-refractivity contribution in [1.82, 2.24) is 4.57 Å². The lowest BCUT2D eigenvalue weighted by atomic mass is 9.89. The smallest absolute Gasteiger partial charge is 0.353 e. The van der Waals surface area contributed by atoms with Gasteiger partial charge in [0.25, 0.3) is 0 Å². The fraction of sp³-hybridized carbons (Fsp3) is 0.216. The van der Waals surface area contributed by atoms with Crippen molar-refractivity contribution in [3.8, 4) is 68.0 Å². The molecule has 9 nitrogen and oxygen atoms in total. The Kier molecular flexibility index (Phi) is 9.04. The maximum atomic E-state index is 13.3. The van der Waals surface area contributed by atoms with E-state index in [9.17, 15) is 9.90 Å². The molecule has 0 bridgehead atoms. The topological polar surface area (TPSA) is 97.6 Å². The Labute approximate surface area is 281 Å². The molecule has 4 aromatic carbocycles. The number of carboxylic acids is 1. The fourth-order valence-electron chi connectivity index (χ4n) is 6.19. The van der Waals surface area contributed by atoms with Crippen molar-refractivity contribution >= 4 is 21.9 Å². The molecule has 0 amide bonds. The van der Waals surface area contributed by atoms with Crippen LogP contribution >= 0.6 is 15.9 Å². The molecule has 0 spiro atoms. The summed E-state index contributed by atoms with van der Waals surface area (Å²) >= 11 is 3.76. The lowest BCUT2D eigenvalue weighted by Gasteiger charge is -2.23. The van der Waals surface area contributed by atoms with Gasteiger partial charge in [0.05, 0.1) is 41.2 Å². The number of benzene rings is 4. The molecule has 0 atom stereocenters. The first-order valence-corrected chi connectivity index (χ1v) is 15.6. The summed E-state index contributed by atoms with van der Waals surface area (Å²) < 4.78 is 37.0. The van der Waals surface area contributed by atoms with Gasteiger partial charge in [-0.2, -0.15) is 0 Å². The van der Waals surface area contributed by atoms with E-state index >= 15 is 0 Å². The van der Waals surface area contributed by atoms with Crippen molar-refractivity contribution in [2.24, 2.45) is 0 Å². The van der Waals surface area contributed by atoms with Gasteiger partial charge in [-0.25, -0.2) is 4.79 Å². The molecule has 1 aliphatic heterocycles. The minimum atomic E-state index is -1.06. The molecule has 47 heavy (non-hydrogen) atoms. The largest absolute Gasteiger partial charge is 0.493 e. The molecule has 0 radical (unpaired) electrons. The number of methoxy groups -OCH3 is 5. The predicted molar refractivity (Wildman–Crippen MR) is 183 cm³/mol. The third-order valence-electron chi connectivity index (χ3n) is 8.37. The van der Waals surface area contributed by atoms with Gasteiger partial charge in [-0.15, -0.1) is 0 Å². The summed E-state index contributed by atoms with van der Waals surface area (Å²) in [6.07, 6.45) is 0.596. The number of hydrogen-bond donors (Lipinski definition) is 1. The van der Waals surface area contributed by atoms with Crippen molar-refractivity contribution in [2.75, 3.05) is 35.5 Å². The highest BCUT2D eigenvalue weighted by Crippen LogP contribution is 2.52. The second-order valence-corrected chi connectivity index (χ2v) is 11.7. The first kappa shape index (κ1) is 31.9. The first-order chi connectivity index (χ1) is 22.8. The van der Waals surface area contributed by atoms with Crippen LogP contribution in [0.15, 0.2) is 77.3 Å². The number of hydrogen-bond acceptors (Lipinski definition) is 7. The monoisotopic (exact) mass is 699 g/mol. The number of carbonyl (C=O) groups is 1. The number of aromatic nitrogens is 1. The van der Waals surface area contributed by atoms with Crippen molar-refractivity contribution in [3.63, 3.8) is 0 Å². The summed E-state index contributed by atoms with van der Waals surface area (Å²) in [5, 5.41) is 10.9. The number of aromatic carboxylic acids is 1. The molecular formula is C37H34BrNO8. The molecule has 1 N–H and O–H groups in total. The Morgan fingerprint density at radius 3 is 2.00 bits per heavy atom. The van der Waals surface area contributed by atoms with Crippen LogP contribution in [0, 0.1) is 0 Å². The second-order valence-electron chi connectivity index (χ2n) is 10.8. The van der Waals surface area contributed by atoms with Crippen molar-refractivity contribution in [2.45, 2.75) is 19.6 Å². The number of aryl methyl sites for hydroxylation is 1. The second kappa shape index (κ2) is 13.3. The zero-order chi connectivity index (χ0) is 33.2. The zero-order valence-corrected chi connectivity index (χ0v) is 28.3. The highest BCUT2D eigenvalue weighted by Gasteiger charge is 2.34. The summed E-state index contributed by atoms with van der Waals surface area (Å²) in [5.74, 6) is 2.13. The van der Waals surface area contributed by atoms with Gasteiger partial charge < -0.3 is 38.1 Å². The molecule has 0 aliphatic carbocycles. The molecule has 1 aromatic heterocycles. The maximum absolute atomic E-state index is 13.3. The summed E-state index contributed by atoms with van der Waals surface area (Å²) in [6.45, 7) is 0.773. The van der Waals surface area contributed by atoms with Crippen LogP contribution in [0.3, 0.4) is 0 Å². The Hall–Kier alpha value is -5.09. The Bertz CT molecular complexity index is 1970. The van der Waals surface area contributed by atoms with E-state index in [1.807, 2.05) is 77.4 Å². The van der Waals surface area contributed by atoms with E-state index < -0.39 is 5.97 Å². The van der Waals surface area contributed by atoms with Crippen molar-refractivity contribution in [3.05, 3.63) is 94.1 Å². The third kappa shape index (κ3) is 5.74. The molecule has 2 heterocycles. The van der Waals surface area contributed by atoms with E-state index in [0.717, 1.165) is 27.9 Å². The van der Waals surface area contributed by atoms with Crippen LogP contribution in [0.5, 0.6) is 34.5 Å². The van der Waals surface area contributed by atoms with Gasteiger partial charge in [0.2, 0.25) is 0 Å². The van der Waals surface area contributed by atoms with Gasteiger partial charge in [0.1, 0.15) is 12.3 Å². The number of nitrogens with zero attached hydrogens (tertiary/aromatic N) is 1. The average molecular weight is 701 g/mol. The molecule has 6 rings (SSSR count). The first-order valence-electron chi connectivity index (χ1n) is 14.9. The third-order valence-corrected chi connectivity index (χ3v) is 9.02. The zero-order valence-electron chi connectivity index (χ0n) is 26.7. The van der Waals surface area contributed by atoms with E-state index in [1.54, 1.807) is 35.5 Å². The lowest BCUT2D eigenvalue weighted by Crippen LogP contribution is -2.16. The molecule has 1 aliphatic rings. The van der Waals surface area contributed by atoms with Crippen molar-refractivity contribution < 1.29 is 38.3 Å². The summed E-state index contributed by atoms with van der Waals surface area (Å²) in [7, 11) is 7.90. The highest BCUT2D eigenvalue weighted by molar-refractivity contribution is 9.10. The van der Waals surface area contributed by atoms with Gasteiger partial charge in [-0.1, -0.05) is 52.3 Å². The summed E-state index contributed by atoms with van der Waals surface area (Å²) in [4.78, 5) is 13.3. The van der Waals surface area contributed by atoms with Gasteiger partial charge in [0, 0.05) is 33.3 Å².